The summed E-state index contributed by atoms with van der Waals surface area (Å²) in [4.78, 5) is 28.0. The molecule has 0 N–H and O–H groups in total. The molecule has 28 heavy (non-hydrogen) atoms. The molecule has 1 amide bonds. The summed E-state index contributed by atoms with van der Waals surface area (Å²) in [7, 11) is 1.46. The minimum Gasteiger partial charge on any atom is -0.493 e. The molecule has 1 aliphatic heterocycles. The number of nitrogens with zero attached hydrogens (tertiary/aromatic N) is 1. The van der Waals surface area contributed by atoms with E-state index in [1.54, 1.807) is 16.2 Å². The molecule has 1 saturated heterocycles. The number of carbonyl (C=O) groups is 2. The van der Waals surface area contributed by atoms with Crippen LogP contribution in [0.15, 0.2) is 29.6 Å². The van der Waals surface area contributed by atoms with E-state index >= 15 is 0 Å². The van der Waals surface area contributed by atoms with Gasteiger partial charge in [-0.1, -0.05) is 17.7 Å². The van der Waals surface area contributed by atoms with Crippen LogP contribution in [0.3, 0.4) is 0 Å². The molecule has 8 heteroatoms. The zero-order valence-electron chi connectivity index (χ0n) is 15.8. The average molecular weight is 424 g/mol. The second kappa shape index (κ2) is 9.30. The number of likely N-dealkylation sites (tertiary alicyclic amines) is 1. The van der Waals surface area contributed by atoms with E-state index in [2.05, 4.69) is 0 Å². The molecule has 3 rings (SSSR count). The largest absolute Gasteiger partial charge is 0.493 e. The van der Waals surface area contributed by atoms with Crippen LogP contribution in [-0.2, 0) is 9.53 Å². The first kappa shape index (κ1) is 20.5. The Labute approximate surface area is 172 Å². The zero-order valence-corrected chi connectivity index (χ0v) is 17.3. The molecule has 150 valence electrons. The van der Waals surface area contributed by atoms with Crippen molar-refractivity contribution in [3.8, 4) is 11.5 Å². The van der Waals surface area contributed by atoms with Gasteiger partial charge >= 0.3 is 5.97 Å². The van der Waals surface area contributed by atoms with E-state index in [1.807, 2.05) is 24.4 Å². The molecule has 1 fully saturated rings. The fraction of sp³-hybridized carbons (Fsp3) is 0.400. The van der Waals surface area contributed by atoms with E-state index in [0.29, 0.717) is 24.7 Å². The number of esters is 1. The highest BCUT2D eigenvalue weighted by Crippen LogP contribution is 2.37. The normalized spacial score (nSPS) is 16.1. The molecule has 1 aliphatic rings. The lowest BCUT2D eigenvalue weighted by molar-refractivity contribution is -0.135. The van der Waals surface area contributed by atoms with E-state index in [4.69, 9.17) is 25.8 Å². The summed E-state index contributed by atoms with van der Waals surface area (Å²) in [5.41, 5.74) is 0.203. The molecule has 0 spiro atoms. The van der Waals surface area contributed by atoms with Crippen LogP contribution in [0.2, 0.25) is 5.02 Å². The molecular weight excluding hydrogens is 402 g/mol. The predicted octanol–water partition coefficient (Wildman–Crippen LogP) is 4.33. The van der Waals surface area contributed by atoms with Crippen LogP contribution >= 0.6 is 22.9 Å². The maximum atomic E-state index is 12.6. The Morgan fingerprint density at radius 1 is 1.36 bits per heavy atom. The third kappa shape index (κ3) is 4.42. The summed E-state index contributed by atoms with van der Waals surface area (Å²) >= 11 is 7.82. The number of benzene rings is 1. The lowest BCUT2D eigenvalue weighted by atomic mass is 10.2. The number of thiophene rings is 1. The Hall–Kier alpha value is -2.25. The summed E-state index contributed by atoms with van der Waals surface area (Å²) in [6.07, 6.45) is 1.86. The summed E-state index contributed by atoms with van der Waals surface area (Å²) in [5.74, 6) is -0.128. The molecule has 2 heterocycles. The molecule has 1 atom stereocenters. The molecule has 2 aromatic rings. The highest BCUT2D eigenvalue weighted by atomic mass is 35.5. The van der Waals surface area contributed by atoms with Gasteiger partial charge in [-0.2, -0.15) is 0 Å². The van der Waals surface area contributed by atoms with Crippen molar-refractivity contribution in [3.05, 3.63) is 45.1 Å². The number of hydrogen-bond donors (Lipinski definition) is 0. The van der Waals surface area contributed by atoms with Crippen molar-refractivity contribution in [1.29, 1.82) is 0 Å². The quantitative estimate of drug-likeness (QED) is 0.620. The average Bonchev–Trinajstić information content (AvgIpc) is 3.38. The Bertz CT molecular complexity index is 839. The van der Waals surface area contributed by atoms with Gasteiger partial charge in [0.2, 0.25) is 0 Å². The van der Waals surface area contributed by atoms with Crippen LogP contribution in [0.1, 0.15) is 41.0 Å². The maximum Gasteiger partial charge on any atom is 0.338 e. The van der Waals surface area contributed by atoms with Gasteiger partial charge in [0, 0.05) is 11.4 Å². The third-order valence-corrected chi connectivity index (χ3v) is 5.78. The van der Waals surface area contributed by atoms with Gasteiger partial charge < -0.3 is 19.1 Å². The van der Waals surface area contributed by atoms with Crippen molar-refractivity contribution in [2.45, 2.75) is 25.8 Å². The van der Waals surface area contributed by atoms with Gasteiger partial charge in [0.25, 0.3) is 5.91 Å². The van der Waals surface area contributed by atoms with Gasteiger partial charge in [-0.05, 0) is 43.3 Å². The Morgan fingerprint density at radius 3 is 2.86 bits per heavy atom. The van der Waals surface area contributed by atoms with Crippen molar-refractivity contribution in [1.82, 2.24) is 4.90 Å². The highest BCUT2D eigenvalue weighted by molar-refractivity contribution is 7.10. The fourth-order valence-electron chi connectivity index (χ4n) is 3.26. The molecule has 0 saturated carbocycles. The highest BCUT2D eigenvalue weighted by Gasteiger charge is 2.31. The molecule has 1 unspecified atom stereocenters. The zero-order chi connectivity index (χ0) is 20.1. The number of halogens is 1. The lowest BCUT2D eigenvalue weighted by Crippen LogP contribution is -2.34. The second-order valence-corrected chi connectivity index (χ2v) is 7.65. The first-order valence-electron chi connectivity index (χ1n) is 9.05. The van der Waals surface area contributed by atoms with E-state index in [9.17, 15) is 9.59 Å². The Morgan fingerprint density at radius 2 is 2.18 bits per heavy atom. The number of amides is 1. The van der Waals surface area contributed by atoms with Gasteiger partial charge in [0.1, 0.15) is 0 Å². The first-order chi connectivity index (χ1) is 13.5. The van der Waals surface area contributed by atoms with Crippen LogP contribution in [0.4, 0.5) is 0 Å². The SMILES string of the molecule is CCOc1c(Cl)cc(C(=O)OCC(=O)N2CCCC2c2cccs2)cc1OC. The van der Waals surface area contributed by atoms with Gasteiger partial charge in [-0.3, -0.25) is 4.79 Å². The van der Waals surface area contributed by atoms with Gasteiger partial charge in [-0.25, -0.2) is 4.79 Å². The van der Waals surface area contributed by atoms with Crippen molar-refractivity contribution in [2.24, 2.45) is 0 Å². The van der Waals surface area contributed by atoms with E-state index in [0.717, 1.165) is 17.7 Å². The Balaban J connectivity index is 1.65. The van der Waals surface area contributed by atoms with E-state index in [1.165, 1.54) is 19.2 Å². The van der Waals surface area contributed by atoms with Crippen molar-refractivity contribution in [3.63, 3.8) is 0 Å². The molecule has 0 radical (unpaired) electrons. The third-order valence-electron chi connectivity index (χ3n) is 4.53. The van der Waals surface area contributed by atoms with E-state index < -0.39 is 5.97 Å². The molecule has 6 nitrogen and oxygen atoms in total. The first-order valence-corrected chi connectivity index (χ1v) is 10.3. The summed E-state index contributed by atoms with van der Waals surface area (Å²) in [6.45, 7) is 2.59. The van der Waals surface area contributed by atoms with Crippen LogP contribution in [0.25, 0.3) is 0 Å². The van der Waals surface area contributed by atoms with E-state index in [-0.39, 0.29) is 29.1 Å². The fourth-order valence-corrected chi connectivity index (χ4v) is 4.40. The predicted molar refractivity (Wildman–Crippen MR) is 107 cm³/mol. The number of rotatable bonds is 7. The molecule has 1 aromatic carbocycles. The minimum absolute atomic E-state index is 0.0613. The summed E-state index contributed by atoms with van der Waals surface area (Å²) < 4.78 is 15.9. The molecule has 0 aliphatic carbocycles. The van der Waals surface area contributed by atoms with Gasteiger partial charge in [0.05, 0.1) is 30.3 Å². The van der Waals surface area contributed by atoms with Gasteiger partial charge in [0.15, 0.2) is 18.1 Å². The number of hydrogen-bond acceptors (Lipinski definition) is 6. The summed E-state index contributed by atoms with van der Waals surface area (Å²) in [5, 5.41) is 2.25. The number of carbonyl (C=O) groups excluding carboxylic acids is 2. The second-order valence-electron chi connectivity index (χ2n) is 6.26. The lowest BCUT2D eigenvalue weighted by Gasteiger charge is -2.23. The van der Waals surface area contributed by atoms with Crippen molar-refractivity contribution < 1.29 is 23.8 Å². The minimum atomic E-state index is -0.636. The van der Waals surface area contributed by atoms with Crippen LogP contribution in [0, 0.1) is 0 Å². The summed E-state index contributed by atoms with van der Waals surface area (Å²) in [6, 6.07) is 7.01. The molecule has 1 aromatic heterocycles. The van der Waals surface area contributed by atoms with Crippen molar-refractivity contribution in [2.75, 3.05) is 26.9 Å². The monoisotopic (exact) mass is 423 g/mol. The smallest absolute Gasteiger partial charge is 0.338 e. The van der Waals surface area contributed by atoms with Crippen molar-refractivity contribution >= 4 is 34.8 Å². The van der Waals surface area contributed by atoms with Gasteiger partial charge in [-0.15, -0.1) is 11.3 Å². The van der Waals surface area contributed by atoms with Crippen LogP contribution in [0.5, 0.6) is 11.5 Å². The van der Waals surface area contributed by atoms with Crippen LogP contribution < -0.4 is 9.47 Å². The molecule has 0 bridgehead atoms. The standard InChI is InChI=1S/C20H22ClNO5S/c1-3-26-19-14(21)10-13(11-16(19)25-2)20(24)27-12-18(23)22-8-4-6-15(22)17-7-5-9-28-17/h5,7,9-11,15H,3-4,6,8,12H2,1-2H3. The Kier molecular flexibility index (Phi) is 6.80. The molecular formula is C20H22ClNO5S. The number of ether oxygens (including phenoxy) is 3. The topological polar surface area (TPSA) is 65.1 Å². The maximum absolute atomic E-state index is 12.6. The van der Waals surface area contributed by atoms with Crippen LogP contribution in [-0.4, -0.2) is 43.6 Å². The number of methoxy groups -OCH3 is 1.